The molecule has 0 atom stereocenters. The van der Waals surface area contributed by atoms with Crippen LogP contribution in [0.4, 0.5) is 10.2 Å². The highest BCUT2D eigenvalue weighted by Crippen LogP contribution is 2.18. The Bertz CT molecular complexity index is 374. The first kappa shape index (κ1) is 11.5. The molecule has 0 radical (unpaired) electrons. The molecule has 2 heterocycles. The average Bonchev–Trinajstić information content (AvgIpc) is 2.47. The Kier molecular flexibility index (Phi) is 3.56. The van der Waals surface area contributed by atoms with Crippen LogP contribution in [0.15, 0.2) is 6.20 Å². The molecule has 1 aromatic rings. The van der Waals surface area contributed by atoms with Crippen LogP contribution in [0.25, 0.3) is 0 Å². The maximum Gasteiger partial charge on any atom is 0.224 e. The molecule has 1 saturated heterocycles. The first-order valence-corrected chi connectivity index (χ1v) is 5.66. The quantitative estimate of drug-likeness (QED) is 0.700. The zero-order valence-corrected chi connectivity index (χ0v) is 9.91. The van der Waals surface area contributed by atoms with Crippen molar-refractivity contribution in [2.45, 2.75) is 6.42 Å². The summed E-state index contributed by atoms with van der Waals surface area (Å²) in [5.41, 5.74) is 0. The molecule has 1 aromatic heterocycles. The first-order chi connectivity index (χ1) is 7.66. The van der Waals surface area contributed by atoms with Gasteiger partial charge in [0.15, 0.2) is 11.6 Å². The van der Waals surface area contributed by atoms with Crippen LogP contribution < -0.4 is 4.90 Å². The van der Waals surface area contributed by atoms with E-state index in [1.54, 1.807) is 0 Å². The van der Waals surface area contributed by atoms with Gasteiger partial charge in [0.25, 0.3) is 0 Å². The summed E-state index contributed by atoms with van der Waals surface area (Å²) >= 11 is 5.68. The molecular formula is C10H14ClFN4. The van der Waals surface area contributed by atoms with Crippen LogP contribution in [0, 0.1) is 5.82 Å². The van der Waals surface area contributed by atoms with Crippen molar-refractivity contribution in [3.8, 4) is 0 Å². The van der Waals surface area contributed by atoms with Gasteiger partial charge in [0.1, 0.15) is 0 Å². The summed E-state index contributed by atoms with van der Waals surface area (Å²) in [5, 5.41) is 0.0917. The fraction of sp³-hybridized carbons (Fsp3) is 0.600. The average molecular weight is 245 g/mol. The molecule has 4 nitrogen and oxygen atoms in total. The molecule has 1 aliphatic heterocycles. The van der Waals surface area contributed by atoms with E-state index < -0.39 is 5.82 Å². The van der Waals surface area contributed by atoms with Gasteiger partial charge in [-0.25, -0.2) is 9.37 Å². The molecule has 0 aliphatic carbocycles. The highest BCUT2D eigenvalue weighted by atomic mass is 35.5. The number of anilines is 1. The topological polar surface area (TPSA) is 32.3 Å². The molecule has 2 rings (SSSR count). The Hall–Kier alpha value is -0.940. The molecule has 6 heteroatoms. The number of hydrogen-bond acceptors (Lipinski definition) is 4. The lowest BCUT2D eigenvalue weighted by Crippen LogP contribution is -2.30. The number of hydrogen-bond donors (Lipinski definition) is 0. The smallest absolute Gasteiger partial charge is 0.224 e. The molecule has 0 N–H and O–H groups in total. The van der Waals surface area contributed by atoms with Crippen LogP contribution in [0.1, 0.15) is 6.42 Å². The van der Waals surface area contributed by atoms with Gasteiger partial charge in [-0.2, -0.15) is 4.98 Å². The van der Waals surface area contributed by atoms with Crippen LogP contribution in [-0.4, -0.2) is 48.1 Å². The standard InChI is InChI=1S/C10H14ClFN4/c1-15-3-2-4-16(6-5-15)9-8(12)7-13-10(11)14-9/h7H,2-6H2,1H3. The number of halogens is 2. The van der Waals surface area contributed by atoms with Gasteiger partial charge in [0.2, 0.25) is 5.28 Å². The third kappa shape index (κ3) is 2.59. The minimum Gasteiger partial charge on any atom is -0.353 e. The summed E-state index contributed by atoms with van der Waals surface area (Å²) in [4.78, 5) is 11.7. The lowest BCUT2D eigenvalue weighted by Gasteiger charge is -2.21. The largest absolute Gasteiger partial charge is 0.353 e. The van der Waals surface area contributed by atoms with E-state index in [9.17, 15) is 4.39 Å². The molecule has 1 aliphatic rings. The van der Waals surface area contributed by atoms with Crippen LogP contribution in [0.2, 0.25) is 5.28 Å². The van der Waals surface area contributed by atoms with Gasteiger partial charge in [-0.05, 0) is 31.6 Å². The minimum absolute atomic E-state index is 0.0917. The fourth-order valence-electron chi connectivity index (χ4n) is 1.82. The van der Waals surface area contributed by atoms with Gasteiger partial charge in [-0.1, -0.05) is 0 Å². The SMILES string of the molecule is CN1CCCN(c2nc(Cl)ncc2F)CC1. The summed E-state index contributed by atoms with van der Waals surface area (Å²) in [7, 11) is 2.06. The Labute approximate surface area is 99.0 Å². The third-order valence-electron chi connectivity index (χ3n) is 2.72. The number of aromatic nitrogens is 2. The highest BCUT2D eigenvalue weighted by molar-refractivity contribution is 6.28. The zero-order chi connectivity index (χ0) is 11.5. The molecule has 16 heavy (non-hydrogen) atoms. The lowest BCUT2D eigenvalue weighted by molar-refractivity contribution is 0.360. The van der Waals surface area contributed by atoms with E-state index in [4.69, 9.17) is 11.6 Å². The van der Waals surface area contributed by atoms with Gasteiger partial charge in [-0.15, -0.1) is 0 Å². The van der Waals surface area contributed by atoms with Crippen molar-refractivity contribution in [2.24, 2.45) is 0 Å². The molecule has 0 saturated carbocycles. The molecule has 0 amide bonds. The molecular weight excluding hydrogens is 231 g/mol. The highest BCUT2D eigenvalue weighted by Gasteiger charge is 2.17. The summed E-state index contributed by atoms with van der Waals surface area (Å²) in [6, 6.07) is 0. The monoisotopic (exact) mass is 244 g/mol. The van der Waals surface area contributed by atoms with Crippen molar-refractivity contribution < 1.29 is 4.39 Å². The molecule has 0 bridgehead atoms. The predicted molar refractivity (Wildman–Crippen MR) is 61.3 cm³/mol. The van der Waals surface area contributed by atoms with E-state index in [-0.39, 0.29) is 5.28 Å². The lowest BCUT2D eigenvalue weighted by atomic mass is 10.4. The molecule has 1 fully saturated rings. The van der Waals surface area contributed by atoms with E-state index >= 15 is 0 Å². The Balaban J connectivity index is 2.19. The van der Waals surface area contributed by atoms with Crippen molar-refractivity contribution in [2.75, 3.05) is 38.1 Å². The van der Waals surface area contributed by atoms with E-state index in [0.29, 0.717) is 5.82 Å². The molecule has 0 aromatic carbocycles. The first-order valence-electron chi connectivity index (χ1n) is 5.28. The van der Waals surface area contributed by atoms with Crippen molar-refractivity contribution in [3.63, 3.8) is 0 Å². The maximum absolute atomic E-state index is 13.5. The van der Waals surface area contributed by atoms with Crippen molar-refractivity contribution in [1.29, 1.82) is 0 Å². The number of rotatable bonds is 1. The Morgan fingerprint density at radius 2 is 2.12 bits per heavy atom. The maximum atomic E-state index is 13.5. The van der Waals surface area contributed by atoms with E-state index in [1.807, 2.05) is 4.90 Å². The van der Waals surface area contributed by atoms with Crippen molar-refractivity contribution >= 4 is 17.4 Å². The fourth-order valence-corrected chi connectivity index (χ4v) is 1.95. The van der Waals surface area contributed by atoms with E-state index in [2.05, 4.69) is 21.9 Å². The van der Waals surface area contributed by atoms with E-state index in [0.717, 1.165) is 38.8 Å². The van der Waals surface area contributed by atoms with Gasteiger partial charge in [-0.3, -0.25) is 0 Å². The number of nitrogens with zero attached hydrogens (tertiary/aromatic N) is 4. The summed E-state index contributed by atoms with van der Waals surface area (Å²) in [5.74, 6) is -0.0933. The van der Waals surface area contributed by atoms with Crippen LogP contribution in [0.5, 0.6) is 0 Å². The molecule has 0 unspecified atom stereocenters. The summed E-state index contributed by atoms with van der Waals surface area (Å²) < 4.78 is 13.5. The van der Waals surface area contributed by atoms with Crippen molar-refractivity contribution in [1.82, 2.24) is 14.9 Å². The minimum atomic E-state index is -0.408. The van der Waals surface area contributed by atoms with Gasteiger partial charge in [0, 0.05) is 19.6 Å². The normalized spacial score (nSPS) is 18.6. The summed E-state index contributed by atoms with van der Waals surface area (Å²) in [6.07, 6.45) is 2.12. The Morgan fingerprint density at radius 1 is 1.31 bits per heavy atom. The second kappa shape index (κ2) is 4.93. The van der Waals surface area contributed by atoms with Crippen LogP contribution in [-0.2, 0) is 0 Å². The predicted octanol–water partition coefficient (Wildman–Crippen LogP) is 1.41. The number of likely N-dealkylation sites (N-methyl/N-ethyl adjacent to an activating group) is 1. The van der Waals surface area contributed by atoms with Crippen LogP contribution >= 0.6 is 11.6 Å². The van der Waals surface area contributed by atoms with Gasteiger partial charge >= 0.3 is 0 Å². The van der Waals surface area contributed by atoms with Gasteiger partial charge < -0.3 is 9.80 Å². The summed E-state index contributed by atoms with van der Waals surface area (Å²) in [6.45, 7) is 3.49. The van der Waals surface area contributed by atoms with Crippen LogP contribution in [0.3, 0.4) is 0 Å². The Morgan fingerprint density at radius 3 is 2.94 bits per heavy atom. The molecule has 0 spiro atoms. The second-order valence-electron chi connectivity index (χ2n) is 3.95. The van der Waals surface area contributed by atoms with Gasteiger partial charge in [0.05, 0.1) is 6.20 Å². The van der Waals surface area contributed by atoms with Crippen molar-refractivity contribution in [3.05, 3.63) is 17.3 Å². The molecule has 88 valence electrons. The second-order valence-corrected chi connectivity index (χ2v) is 4.29. The van der Waals surface area contributed by atoms with E-state index in [1.165, 1.54) is 0 Å². The zero-order valence-electron chi connectivity index (χ0n) is 9.16. The third-order valence-corrected chi connectivity index (χ3v) is 2.90.